The van der Waals surface area contributed by atoms with Crippen LogP contribution in [0.3, 0.4) is 0 Å². The maximum absolute atomic E-state index is 11.1. The molecule has 104 valence electrons. The van der Waals surface area contributed by atoms with Gasteiger partial charge in [-0.05, 0) is 19.1 Å². The number of benzene rings is 1. The van der Waals surface area contributed by atoms with Gasteiger partial charge in [0.25, 0.3) is 0 Å². The summed E-state index contributed by atoms with van der Waals surface area (Å²) >= 11 is 1.12. The van der Waals surface area contributed by atoms with Crippen LogP contribution in [0.25, 0.3) is 10.6 Å². The second kappa shape index (κ2) is 4.68. The van der Waals surface area contributed by atoms with Crippen LogP contribution in [0.4, 0.5) is 0 Å². The quantitative estimate of drug-likeness (QED) is 0.937. The third-order valence-corrected chi connectivity index (χ3v) is 4.09. The smallest absolute Gasteiger partial charge is 0.347 e. The molecule has 7 heteroatoms. The van der Waals surface area contributed by atoms with Crippen molar-refractivity contribution in [3.8, 4) is 27.8 Å². The van der Waals surface area contributed by atoms with Crippen molar-refractivity contribution in [2.24, 2.45) is 0 Å². The van der Waals surface area contributed by atoms with Gasteiger partial charge in [0.15, 0.2) is 11.5 Å². The first-order valence-electron chi connectivity index (χ1n) is 5.79. The predicted octanol–water partition coefficient (Wildman–Crippen LogP) is 2.55. The molecule has 0 aliphatic carbocycles. The molecule has 0 atom stereocenters. The number of hydrogen-bond donors (Lipinski definition) is 1. The first kappa shape index (κ1) is 12.7. The average molecular weight is 293 g/mol. The van der Waals surface area contributed by atoms with Gasteiger partial charge in [-0.3, -0.25) is 0 Å². The molecular formula is C13H11NO5S. The first-order valence-corrected chi connectivity index (χ1v) is 6.60. The highest BCUT2D eigenvalue weighted by atomic mass is 32.1. The Morgan fingerprint density at radius 3 is 2.90 bits per heavy atom. The molecule has 3 rings (SSSR count). The highest BCUT2D eigenvalue weighted by Gasteiger charge is 2.22. The number of methoxy groups -OCH3 is 1. The number of hydrogen-bond acceptors (Lipinski definition) is 6. The number of rotatable bonds is 3. The summed E-state index contributed by atoms with van der Waals surface area (Å²) in [7, 11) is 1.54. The minimum atomic E-state index is -0.973. The minimum absolute atomic E-state index is 0.145. The zero-order chi connectivity index (χ0) is 14.3. The number of aromatic nitrogens is 1. The van der Waals surface area contributed by atoms with Crippen molar-refractivity contribution in [3.63, 3.8) is 0 Å². The number of aryl methyl sites for hydroxylation is 1. The largest absolute Gasteiger partial charge is 0.493 e. The van der Waals surface area contributed by atoms with E-state index in [2.05, 4.69) is 4.98 Å². The number of thiazole rings is 1. The zero-order valence-corrected chi connectivity index (χ0v) is 11.6. The van der Waals surface area contributed by atoms with Crippen LogP contribution in [-0.2, 0) is 0 Å². The summed E-state index contributed by atoms with van der Waals surface area (Å²) in [5.41, 5.74) is 1.24. The molecule has 2 aromatic rings. The van der Waals surface area contributed by atoms with Gasteiger partial charge >= 0.3 is 5.97 Å². The Morgan fingerprint density at radius 1 is 1.45 bits per heavy atom. The minimum Gasteiger partial charge on any atom is -0.493 e. The maximum atomic E-state index is 11.1. The normalized spacial score (nSPS) is 12.5. The van der Waals surface area contributed by atoms with Crippen molar-refractivity contribution in [1.29, 1.82) is 0 Å². The number of nitrogens with zero attached hydrogens (tertiary/aromatic N) is 1. The fraction of sp³-hybridized carbons (Fsp3) is 0.231. The van der Waals surface area contributed by atoms with Gasteiger partial charge in [-0.1, -0.05) is 0 Å². The Labute approximate surface area is 118 Å². The lowest BCUT2D eigenvalue weighted by atomic mass is 10.2. The molecule has 0 unspecified atom stereocenters. The standard InChI is InChI=1S/C13H11NO5S/c1-6-11(13(15)16)20-12(14-6)7-3-8(17-2)10-9(4-7)18-5-19-10/h3-4H,5H2,1-2H3,(H,15,16). The van der Waals surface area contributed by atoms with Crippen molar-refractivity contribution in [3.05, 3.63) is 22.7 Å². The topological polar surface area (TPSA) is 77.9 Å². The lowest BCUT2D eigenvalue weighted by molar-refractivity contribution is 0.0701. The molecule has 2 heterocycles. The van der Waals surface area contributed by atoms with E-state index in [0.717, 1.165) is 16.9 Å². The molecule has 0 saturated carbocycles. The van der Waals surface area contributed by atoms with E-state index in [4.69, 9.17) is 19.3 Å². The van der Waals surface area contributed by atoms with Gasteiger partial charge in [0.1, 0.15) is 9.88 Å². The summed E-state index contributed by atoms with van der Waals surface area (Å²) in [4.78, 5) is 15.6. The molecular weight excluding hydrogens is 282 g/mol. The number of aromatic carboxylic acids is 1. The Balaban J connectivity index is 2.11. The Morgan fingerprint density at radius 2 is 2.25 bits per heavy atom. The van der Waals surface area contributed by atoms with Crippen molar-refractivity contribution in [1.82, 2.24) is 4.98 Å². The molecule has 6 nitrogen and oxygen atoms in total. The van der Waals surface area contributed by atoms with Gasteiger partial charge in [0.2, 0.25) is 12.5 Å². The van der Waals surface area contributed by atoms with Gasteiger partial charge in [-0.25, -0.2) is 9.78 Å². The van der Waals surface area contributed by atoms with Crippen LogP contribution in [0.5, 0.6) is 17.2 Å². The summed E-state index contributed by atoms with van der Waals surface area (Å²) in [5.74, 6) is 0.700. The SMILES string of the molecule is COc1cc(-c2nc(C)c(C(=O)O)s2)cc2c1OCO2. The van der Waals surface area contributed by atoms with E-state index >= 15 is 0 Å². The lowest BCUT2D eigenvalue weighted by Crippen LogP contribution is -1.94. The van der Waals surface area contributed by atoms with Crippen molar-refractivity contribution in [2.45, 2.75) is 6.92 Å². The molecule has 1 aliphatic rings. The summed E-state index contributed by atoms with van der Waals surface area (Å²) in [6.45, 7) is 1.82. The van der Waals surface area contributed by atoms with E-state index in [9.17, 15) is 4.79 Å². The average Bonchev–Trinajstić information content (AvgIpc) is 3.03. The molecule has 1 aliphatic heterocycles. The van der Waals surface area contributed by atoms with E-state index < -0.39 is 5.97 Å². The molecule has 1 aromatic carbocycles. The second-order valence-electron chi connectivity index (χ2n) is 4.15. The number of carboxylic acid groups (broad SMARTS) is 1. The summed E-state index contributed by atoms with van der Waals surface area (Å²) in [5, 5.41) is 9.69. The summed E-state index contributed by atoms with van der Waals surface area (Å²) in [6.07, 6.45) is 0. The first-order chi connectivity index (χ1) is 9.60. The van der Waals surface area contributed by atoms with Crippen molar-refractivity contribution < 1.29 is 24.1 Å². The summed E-state index contributed by atoms with van der Waals surface area (Å²) in [6, 6.07) is 3.53. The van der Waals surface area contributed by atoms with Gasteiger partial charge in [-0.15, -0.1) is 11.3 Å². The fourth-order valence-corrected chi connectivity index (χ4v) is 2.86. The van der Waals surface area contributed by atoms with E-state index in [-0.39, 0.29) is 11.7 Å². The monoisotopic (exact) mass is 293 g/mol. The zero-order valence-electron chi connectivity index (χ0n) is 10.8. The van der Waals surface area contributed by atoms with Crippen molar-refractivity contribution in [2.75, 3.05) is 13.9 Å². The lowest BCUT2D eigenvalue weighted by Gasteiger charge is -2.06. The van der Waals surface area contributed by atoms with Gasteiger partial charge in [0, 0.05) is 5.56 Å². The van der Waals surface area contributed by atoms with Crippen LogP contribution in [-0.4, -0.2) is 30.0 Å². The molecule has 0 fully saturated rings. The molecule has 1 N–H and O–H groups in total. The number of fused-ring (bicyclic) bond motifs is 1. The third kappa shape index (κ3) is 1.96. The Bertz CT molecular complexity index is 694. The fourth-order valence-electron chi connectivity index (χ4n) is 1.97. The molecule has 0 radical (unpaired) electrons. The van der Waals surface area contributed by atoms with Crippen LogP contribution in [0.15, 0.2) is 12.1 Å². The molecule has 0 bridgehead atoms. The van der Waals surface area contributed by atoms with Gasteiger partial charge < -0.3 is 19.3 Å². The van der Waals surface area contributed by atoms with E-state index in [0.29, 0.717) is 28.0 Å². The highest BCUT2D eigenvalue weighted by Crippen LogP contribution is 2.44. The molecule has 0 amide bonds. The summed E-state index contributed by atoms with van der Waals surface area (Å²) < 4.78 is 15.9. The van der Waals surface area contributed by atoms with Crippen LogP contribution in [0.1, 0.15) is 15.4 Å². The van der Waals surface area contributed by atoms with Crippen molar-refractivity contribution >= 4 is 17.3 Å². The molecule has 0 saturated heterocycles. The molecule has 0 spiro atoms. The van der Waals surface area contributed by atoms with Gasteiger partial charge in [0.05, 0.1) is 12.8 Å². The Kier molecular flexibility index (Phi) is 2.98. The van der Waals surface area contributed by atoms with E-state index in [1.54, 1.807) is 19.1 Å². The maximum Gasteiger partial charge on any atom is 0.347 e. The highest BCUT2D eigenvalue weighted by molar-refractivity contribution is 7.17. The van der Waals surface area contributed by atoms with E-state index in [1.807, 2.05) is 0 Å². The van der Waals surface area contributed by atoms with Crippen LogP contribution < -0.4 is 14.2 Å². The van der Waals surface area contributed by atoms with Crippen LogP contribution >= 0.6 is 11.3 Å². The molecule has 1 aromatic heterocycles. The molecule has 20 heavy (non-hydrogen) atoms. The van der Waals surface area contributed by atoms with Crippen LogP contribution in [0, 0.1) is 6.92 Å². The Hall–Kier alpha value is -2.28. The second-order valence-corrected chi connectivity index (χ2v) is 5.15. The number of carboxylic acids is 1. The number of carbonyl (C=O) groups is 1. The van der Waals surface area contributed by atoms with Crippen LogP contribution in [0.2, 0.25) is 0 Å². The predicted molar refractivity (Wildman–Crippen MR) is 71.9 cm³/mol. The third-order valence-electron chi connectivity index (χ3n) is 2.90. The number of ether oxygens (including phenoxy) is 3. The van der Waals surface area contributed by atoms with E-state index in [1.165, 1.54) is 7.11 Å². The van der Waals surface area contributed by atoms with Gasteiger partial charge in [-0.2, -0.15) is 0 Å².